The molecule has 0 aliphatic rings. The van der Waals surface area contributed by atoms with Crippen LogP contribution in [-0.4, -0.2) is 18.1 Å². The first kappa shape index (κ1) is 24.4. The Balaban J connectivity index is 2.56. The van der Waals surface area contributed by atoms with Crippen molar-refractivity contribution in [1.29, 1.82) is 0 Å². The van der Waals surface area contributed by atoms with Gasteiger partial charge < -0.3 is 9.47 Å². The SMILES string of the molecule is CCCCC(CC)CCOC(Oc1ccc(C(C)C(S)CC)cc1)C(C)C. The van der Waals surface area contributed by atoms with Gasteiger partial charge in [-0.3, -0.25) is 0 Å². The summed E-state index contributed by atoms with van der Waals surface area (Å²) >= 11 is 4.68. The van der Waals surface area contributed by atoms with E-state index in [9.17, 15) is 0 Å². The third kappa shape index (κ3) is 8.91. The van der Waals surface area contributed by atoms with E-state index in [1.54, 1.807) is 0 Å². The Hall–Kier alpha value is -0.670. The summed E-state index contributed by atoms with van der Waals surface area (Å²) in [4.78, 5) is 0. The van der Waals surface area contributed by atoms with Crippen LogP contribution in [0.2, 0.25) is 0 Å². The van der Waals surface area contributed by atoms with Crippen LogP contribution in [0.3, 0.4) is 0 Å². The van der Waals surface area contributed by atoms with Gasteiger partial charge in [-0.2, -0.15) is 12.6 Å². The molecular formula is C24H42O2S. The maximum Gasteiger partial charge on any atom is 0.202 e. The highest BCUT2D eigenvalue weighted by Crippen LogP contribution is 2.27. The molecule has 2 nitrogen and oxygen atoms in total. The molecule has 0 heterocycles. The molecule has 1 aromatic rings. The second kappa shape index (κ2) is 13.5. The average Bonchev–Trinajstić information content (AvgIpc) is 2.68. The third-order valence-electron chi connectivity index (χ3n) is 5.55. The van der Waals surface area contributed by atoms with Gasteiger partial charge in [0, 0.05) is 11.2 Å². The molecule has 1 rings (SSSR count). The fraction of sp³-hybridized carbons (Fsp3) is 0.750. The molecule has 0 spiro atoms. The molecule has 0 bridgehead atoms. The molecule has 0 amide bonds. The van der Waals surface area contributed by atoms with Gasteiger partial charge in [-0.05, 0) is 42.4 Å². The van der Waals surface area contributed by atoms with Crippen LogP contribution >= 0.6 is 12.6 Å². The summed E-state index contributed by atoms with van der Waals surface area (Å²) < 4.78 is 12.3. The molecule has 0 saturated carbocycles. The highest BCUT2D eigenvalue weighted by molar-refractivity contribution is 7.81. The standard InChI is InChI=1S/C24H42O2S/c1-7-10-11-20(8-2)16-17-25-24(18(4)5)26-22-14-12-21(13-15-22)19(6)23(27)9-3/h12-15,18-20,23-24,27H,7-11,16-17H2,1-6H3. The fourth-order valence-corrected chi connectivity index (χ4v) is 3.49. The molecule has 4 unspecified atom stereocenters. The van der Waals surface area contributed by atoms with Crippen LogP contribution in [0.1, 0.15) is 91.5 Å². The van der Waals surface area contributed by atoms with Crippen molar-refractivity contribution in [3.8, 4) is 5.75 Å². The van der Waals surface area contributed by atoms with Gasteiger partial charge in [-0.1, -0.05) is 79.4 Å². The smallest absolute Gasteiger partial charge is 0.202 e. The van der Waals surface area contributed by atoms with Crippen LogP contribution < -0.4 is 4.74 Å². The Kier molecular flexibility index (Phi) is 12.2. The number of benzene rings is 1. The maximum absolute atomic E-state index is 6.15. The van der Waals surface area contributed by atoms with Gasteiger partial charge in [0.15, 0.2) is 0 Å². The van der Waals surface area contributed by atoms with Crippen LogP contribution in [0, 0.1) is 11.8 Å². The predicted molar refractivity (Wildman–Crippen MR) is 121 cm³/mol. The van der Waals surface area contributed by atoms with E-state index in [1.165, 1.54) is 31.2 Å². The van der Waals surface area contributed by atoms with Gasteiger partial charge >= 0.3 is 0 Å². The Morgan fingerprint density at radius 3 is 2.11 bits per heavy atom. The molecule has 0 aliphatic carbocycles. The second-order valence-electron chi connectivity index (χ2n) is 8.14. The lowest BCUT2D eigenvalue weighted by atomic mass is 9.96. The number of thiol groups is 1. The summed E-state index contributed by atoms with van der Waals surface area (Å²) in [5.74, 6) is 2.42. The van der Waals surface area contributed by atoms with E-state index >= 15 is 0 Å². The Labute approximate surface area is 173 Å². The highest BCUT2D eigenvalue weighted by Gasteiger charge is 2.18. The Bertz CT molecular complexity index is 486. The average molecular weight is 395 g/mol. The van der Waals surface area contributed by atoms with Crippen molar-refractivity contribution in [3.05, 3.63) is 29.8 Å². The van der Waals surface area contributed by atoms with E-state index in [-0.39, 0.29) is 6.29 Å². The first-order valence-electron chi connectivity index (χ1n) is 11.0. The summed E-state index contributed by atoms with van der Waals surface area (Å²) in [5, 5.41) is 0.391. The first-order chi connectivity index (χ1) is 12.9. The molecule has 0 radical (unpaired) electrons. The molecule has 0 fully saturated rings. The van der Waals surface area contributed by atoms with E-state index in [2.05, 4.69) is 78.4 Å². The number of hydrogen-bond donors (Lipinski definition) is 1. The van der Waals surface area contributed by atoms with Crippen molar-refractivity contribution in [2.45, 2.75) is 97.5 Å². The largest absolute Gasteiger partial charge is 0.465 e. The molecular weight excluding hydrogens is 352 g/mol. The molecule has 27 heavy (non-hydrogen) atoms. The Morgan fingerprint density at radius 2 is 1.59 bits per heavy atom. The van der Waals surface area contributed by atoms with Gasteiger partial charge in [0.25, 0.3) is 0 Å². The van der Waals surface area contributed by atoms with Crippen LogP contribution in [0.25, 0.3) is 0 Å². The summed E-state index contributed by atoms with van der Waals surface area (Å²) in [7, 11) is 0. The third-order valence-corrected chi connectivity index (χ3v) is 6.36. The molecule has 156 valence electrons. The van der Waals surface area contributed by atoms with Crippen molar-refractivity contribution in [3.63, 3.8) is 0 Å². The van der Waals surface area contributed by atoms with Gasteiger partial charge in [-0.25, -0.2) is 0 Å². The van der Waals surface area contributed by atoms with Crippen LogP contribution in [0.5, 0.6) is 5.75 Å². The summed E-state index contributed by atoms with van der Waals surface area (Å²) in [6, 6.07) is 8.45. The molecule has 0 aliphatic heterocycles. The summed E-state index contributed by atoms with van der Waals surface area (Å²) in [5.41, 5.74) is 1.31. The minimum atomic E-state index is -0.190. The minimum Gasteiger partial charge on any atom is -0.465 e. The molecule has 0 N–H and O–H groups in total. The topological polar surface area (TPSA) is 18.5 Å². The van der Waals surface area contributed by atoms with Gasteiger partial charge in [-0.15, -0.1) is 0 Å². The number of ether oxygens (including phenoxy) is 2. The molecule has 0 aromatic heterocycles. The van der Waals surface area contributed by atoms with Crippen LogP contribution in [-0.2, 0) is 4.74 Å². The molecule has 3 heteroatoms. The zero-order valence-electron chi connectivity index (χ0n) is 18.4. The number of unbranched alkanes of at least 4 members (excludes halogenated alkanes) is 1. The number of rotatable bonds is 14. The van der Waals surface area contributed by atoms with Crippen molar-refractivity contribution < 1.29 is 9.47 Å². The molecule has 1 aromatic carbocycles. The quantitative estimate of drug-likeness (QED) is 0.260. The van der Waals surface area contributed by atoms with E-state index in [0.717, 1.165) is 31.1 Å². The van der Waals surface area contributed by atoms with Crippen LogP contribution in [0.15, 0.2) is 24.3 Å². The van der Waals surface area contributed by atoms with Crippen molar-refractivity contribution in [2.75, 3.05) is 6.61 Å². The summed E-state index contributed by atoms with van der Waals surface area (Å²) in [6.45, 7) is 14.0. The van der Waals surface area contributed by atoms with E-state index in [0.29, 0.717) is 17.1 Å². The predicted octanol–water partition coefficient (Wildman–Crippen LogP) is 7.48. The zero-order chi connectivity index (χ0) is 20.2. The fourth-order valence-electron chi connectivity index (χ4n) is 3.32. The van der Waals surface area contributed by atoms with E-state index in [4.69, 9.17) is 9.47 Å². The van der Waals surface area contributed by atoms with Crippen molar-refractivity contribution >= 4 is 12.6 Å². The lowest BCUT2D eigenvalue weighted by molar-refractivity contribution is -0.110. The van der Waals surface area contributed by atoms with Crippen LogP contribution in [0.4, 0.5) is 0 Å². The minimum absolute atomic E-state index is 0.190. The monoisotopic (exact) mass is 394 g/mol. The second-order valence-corrected chi connectivity index (χ2v) is 8.80. The summed E-state index contributed by atoms with van der Waals surface area (Å²) in [6.07, 6.45) is 7.15. The lowest BCUT2D eigenvalue weighted by Crippen LogP contribution is -2.27. The lowest BCUT2D eigenvalue weighted by Gasteiger charge is -2.24. The van der Waals surface area contributed by atoms with E-state index < -0.39 is 0 Å². The highest BCUT2D eigenvalue weighted by atomic mass is 32.1. The van der Waals surface area contributed by atoms with Crippen molar-refractivity contribution in [1.82, 2.24) is 0 Å². The van der Waals surface area contributed by atoms with Gasteiger partial charge in [0.2, 0.25) is 6.29 Å². The van der Waals surface area contributed by atoms with Gasteiger partial charge in [0.1, 0.15) is 5.75 Å². The maximum atomic E-state index is 6.15. The zero-order valence-corrected chi connectivity index (χ0v) is 19.3. The molecule has 0 saturated heterocycles. The molecule has 4 atom stereocenters. The first-order valence-corrected chi connectivity index (χ1v) is 11.5. The Morgan fingerprint density at radius 1 is 0.926 bits per heavy atom. The normalized spacial score (nSPS) is 16.1. The van der Waals surface area contributed by atoms with Gasteiger partial charge in [0.05, 0.1) is 6.61 Å². The van der Waals surface area contributed by atoms with Crippen molar-refractivity contribution in [2.24, 2.45) is 11.8 Å². The van der Waals surface area contributed by atoms with E-state index in [1.807, 2.05) is 0 Å². The number of hydrogen-bond acceptors (Lipinski definition) is 3.